The van der Waals surface area contributed by atoms with E-state index in [1.165, 1.54) is 5.69 Å². The normalized spacial score (nSPS) is 15.4. The third-order valence-corrected chi connectivity index (χ3v) is 6.33. The lowest BCUT2D eigenvalue weighted by atomic mass is 10.0. The van der Waals surface area contributed by atoms with Crippen molar-refractivity contribution in [2.75, 3.05) is 43.5 Å². The molecule has 7 heteroatoms. The van der Waals surface area contributed by atoms with E-state index in [0.29, 0.717) is 0 Å². The Balaban J connectivity index is 1.38. The van der Waals surface area contributed by atoms with E-state index in [9.17, 15) is 0 Å². The molecule has 0 aliphatic carbocycles. The molecule has 0 bridgehead atoms. The zero-order chi connectivity index (χ0) is 22.3. The molecular weight excluding hydrogens is 400 g/mol. The molecule has 3 heterocycles. The molecule has 1 aliphatic heterocycles. The van der Waals surface area contributed by atoms with Crippen LogP contribution >= 0.6 is 0 Å². The molecule has 0 unspecified atom stereocenters. The molecule has 0 saturated carbocycles. The predicted octanol–water partition coefficient (Wildman–Crippen LogP) is 4.78. The number of anilines is 3. The highest BCUT2D eigenvalue weighted by Gasteiger charge is 2.25. The van der Waals surface area contributed by atoms with E-state index >= 15 is 0 Å². The van der Waals surface area contributed by atoms with Gasteiger partial charge in [-0.1, -0.05) is 6.07 Å². The molecule has 0 amide bonds. The molecule has 2 aromatic heterocycles. The Hall–Kier alpha value is -3.32. The molecule has 0 radical (unpaired) electrons. The van der Waals surface area contributed by atoms with Crippen molar-refractivity contribution in [3.63, 3.8) is 0 Å². The second-order valence-corrected chi connectivity index (χ2v) is 9.29. The first-order valence-electron chi connectivity index (χ1n) is 11.1. The standard InChI is InChI=1S/C25H30N6O/c1-25(2,3)31-14-12-30(13-15-31)18-10-8-17(9-11-18)27-24-23-19(16-26-29-23)22-20(28-24)6-5-7-21(22)32-4/h5-11,16H,12-15H2,1-4H3,(H,26,29)(H,27,28). The fourth-order valence-electron chi connectivity index (χ4n) is 4.50. The molecule has 1 fully saturated rings. The van der Waals surface area contributed by atoms with Gasteiger partial charge in [0.15, 0.2) is 5.82 Å². The molecule has 2 aromatic carbocycles. The van der Waals surface area contributed by atoms with Crippen molar-refractivity contribution < 1.29 is 4.74 Å². The molecule has 32 heavy (non-hydrogen) atoms. The van der Waals surface area contributed by atoms with Gasteiger partial charge >= 0.3 is 0 Å². The maximum atomic E-state index is 5.55. The maximum absolute atomic E-state index is 5.55. The van der Waals surface area contributed by atoms with Crippen molar-refractivity contribution in [3.05, 3.63) is 48.7 Å². The molecule has 7 nitrogen and oxygen atoms in total. The van der Waals surface area contributed by atoms with E-state index in [1.54, 1.807) is 7.11 Å². The summed E-state index contributed by atoms with van der Waals surface area (Å²) >= 11 is 0. The number of ether oxygens (including phenoxy) is 1. The Morgan fingerprint density at radius 1 is 1.00 bits per heavy atom. The topological polar surface area (TPSA) is 69.3 Å². The van der Waals surface area contributed by atoms with Crippen molar-refractivity contribution in [1.82, 2.24) is 20.1 Å². The van der Waals surface area contributed by atoms with Crippen molar-refractivity contribution >= 4 is 39.0 Å². The molecule has 166 valence electrons. The van der Waals surface area contributed by atoms with Gasteiger partial charge in [-0.2, -0.15) is 5.10 Å². The van der Waals surface area contributed by atoms with E-state index in [4.69, 9.17) is 9.72 Å². The van der Waals surface area contributed by atoms with Crippen LogP contribution < -0.4 is 15.0 Å². The second-order valence-electron chi connectivity index (χ2n) is 9.29. The summed E-state index contributed by atoms with van der Waals surface area (Å²) in [5.74, 6) is 1.55. The number of hydrogen-bond donors (Lipinski definition) is 2. The lowest BCUT2D eigenvalue weighted by molar-refractivity contribution is 0.128. The number of hydrogen-bond acceptors (Lipinski definition) is 6. The number of pyridine rings is 1. The van der Waals surface area contributed by atoms with Crippen molar-refractivity contribution in [2.24, 2.45) is 0 Å². The average Bonchev–Trinajstić information content (AvgIpc) is 3.29. The van der Waals surface area contributed by atoms with Crippen LogP contribution in [0.5, 0.6) is 5.75 Å². The highest BCUT2D eigenvalue weighted by molar-refractivity contribution is 6.11. The van der Waals surface area contributed by atoms with Crippen LogP contribution in [-0.2, 0) is 0 Å². The van der Waals surface area contributed by atoms with Gasteiger partial charge in [0.05, 0.1) is 24.2 Å². The molecule has 4 aromatic rings. The van der Waals surface area contributed by atoms with Crippen LogP contribution in [0.1, 0.15) is 20.8 Å². The first-order valence-corrected chi connectivity index (χ1v) is 11.1. The first-order chi connectivity index (χ1) is 15.4. The Bertz CT molecular complexity index is 1230. The van der Waals surface area contributed by atoms with Crippen LogP contribution in [0.25, 0.3) is 21.8 Å². The van der Waals surface area contributed by atoms with Gasteiger partial charge in [0.25, 0.3) is 0 Å². The zero-order valence-electron chi connectivity index (χ0n) is 19.1. The van der Waals surface area contributed by atoms with Gasteiger partial charge in [0.2, 0.25) is 0 Å². The Labute approximate surface area is 188 Å². The number of methoxy groups -OCH3 is 1. The summed E-state index contributed by atoms with van der Waals surface area (Å²) in [7, 11) is 1.68. The summed E-state index contributed by atoms with van der Waals surface area (Å²) in [6.07, 6.45) is 1.83. The van der Waals surface area contributed by atoms with Gasteiger partial charge in [0.1, 0.15) is 11.3 Å². The number of aromatic nitrogens is 3. The van der Waals surface area contributed by atoms with E-state index in [-0.39, 0.29) is 5.54 Å². The minimum absolute atomic E-state index is 0.231. The Kier molecular flexibility index (Phi) is 5.13. The monoisotopic (exact) mass is 430 g/mol. The smallest absolute Gasteiger partial charge is 0.157 e. The van der Waals surface area contributed by atoms with Gasteiger partial charge in [-0.05, 0) is 57.2 Å². The minimum Gasteiger partial charge on any atom is -0.496 e. The number of fused-ring (bicyclic) bond motifs is 3. The summed E-state index contributed by atoms with van der Waals surface area (Å²) in [6, 6.07) is 14.5. The molecule has 5 rings (SSSR count). The van der Waals surface area contributed by atoms with E-state index < -0.39 is 0 Å². The summed E-state index contributed by atoms with van der Waals surface area (Å²) < 4.78 is 5.55. The lowest BCUT2D eigenvalue weighted by Gasteiger charge is -2.43. The first kappa shape index (κ1) is 20.6. The van der Waals surface area contributed by atoms with Crippen LogP contribution in [0.15, 0.2) is 48.7 Å². The van der Waals surface area contributed by atoms with Crippen LogP contribution in [0.4, 0.5) is 17.2 Å². The highest BCUT2D eigenvalue weighted by Crippen LogP contribution is 2.35. The van der Waals surface area contributed by atoms with E-state index in [1.807, 2.05) is 24.4 Å². The quantitative estimate of drug-likeness (QED) is 0.485. The van der Waals surface area contributed by atoms with Gasteiger partial charge < -0.3 is 15.0 Å². The summed E-state index contributed by atoms with van der Waals surface area (Å²) in [5, 5.41) is 12.8. The largest absolute Gasteiger partial charge is 0.496 e. The van der Waals surface area contributed by atoms with E-state index in [2.05, 4.69) is 70.4 Å². The number of aromatic amines is 1. The van der Waals surface area contributed by atoms with Gasteiger partial charge in [0, 0.05) is 48.5 Å². The third-order valence-electron chi connectivity index (χ3n) is 6.33. The van der Waals surface area contributed by atoms with Crippen molar-refractivity contribution in [2.45, 2.75) is 26.3 Å². The van der Waals surface area contributed by atoms with Gasteiger partial charge in [-0.15, -0.1) is 0 Å². The average molecular weight is 431 g/mol. The Morgan fingerprint density at radius 3 is 2.44 bits per heavy atom. The molecule has 0 atom stereocenters. The molecule has 0 spiro atoms. The van der Waals surface area contributed by atoms with Crippen molar-refractivity contribution in [1.29, 1.82) is 0 Å². The number of rotatable bonds is 4. The maximum Gasteiger partial charge on any atom is 0.157 e. The summed E-state index contributed by atoms with van der Waals surface area (Å²) in [4.78, 5) is 9.85. The molecule has 1 saturated heterocycles. The van der Waals surface area contributed by atoms with Crippen LogP contribution in [0, 0.1) is 0 Å². The fraction of sp³-hybridized carbons (Fsp3) is 0.360. The van der Waals surface area contributed by atoms with Crippen molar-refractivity contribution in [3.8, 4) is 5.75 Å². The number of nitrogens with zero attached hydrogens (tertiary/aromatic N) is 4. The lowest BCUT2D eigenvalue weighted by Crippen LogP contribution is -2.53. The van der Waals surface area contributed by atoms with Gasteiger partial charge in [-0.25, -0.2) is 4.98 Å². The number of H-pyrrole nitrogens is 1. The van der Waals surface area contributed by atoms with E-state index in [0.717, 1.165) is 65.2 Å². The fourth-order valence-corrected chi connectivity index (χ4v) is 4.50. The SMILES string of the molecule is COc1cccc2nc(Nc3ccc(N4CCN(C(C)(C)C)CC4)cc3)c3[nH]ncc3c12. The molecule has 1 aliphatic rings. The number of piperazine rings is 1. The minimum atomic E-state index is 0.231. The molecule has 2 N–H and O–H groups in total. The molecular formula is C25H30N6O. The van der Waals surface area contributed by atoms with Gasteiger partial charge in [-0.3, -0.25) is 10.00 Å². The van der Waals surface area contributed by atoms with Crippen LogP contribution in [0.2, 0.25) is 0 Å². The predicted molar refractivity (Wildman–Crippen MR) is 131 cm³/mol. The Morgan fingerprint density at radius 2 is 1.75 bits per heavy atom. The van der Waals surface area contributed by atoms with Crippen LogP contribution in [0.3, 0.4) is 0 Å². The zero-order valence-corrected chi connectivity index (χ0v) is 19.1. The number of nitrogens with one attached hydrogen (secondary N) is 2. The summed E-state index contributed by atoms with van der Waals surface area (Å²) in [6.45, 7) is 11.1. The second kappa shape index (κ2) is 7.98. The summed E-state index contributed by atoms with van der Waals surface area (Å²) in [5.41, 5.74) is 4.22. The third kappa shape index (κ3) is 3.73. The van der Waals surface area contributed by atoms with Crippen LogP contribution in [-0.4, -0.2) is 58.9 Å². The number of benzene rings is 2. The highest BCUT2D eigenvalue weighted by atomic mass is 16.5.